The summed E-state index contributed by atoms with van der Waals surface area (Å²) in [5.41, 5.74) is 2.39. The average Bonchev–Trinajstić information content (AvgIpc) is 3.27. The molecule has 1 aromatic carbocycles. The number of hydrogen-bond donors (Lipinski definition) is 1. The Hall–Kier alpha value is -3.29. The molecule has 1 saturated heterocycles. The highest BCUT2D eigenvalue weighted by atomic mass is 16.4. The normalized spacial score (nSPS) is 16.8. The Kier molecular flexibility index (Phi) is 4.31. The third-order valence-corrected chi connectivity index (χ3v) is 4.99. The highest BCUT2D eigenvalue weighted by Crippen LogP contribution is 2.25. The minimum Gasteiger partial charge on any atom is -0.481 e. The summed E-state index contributed by atoms with van der Waals surface area (Å²) in [5, 5.41) is 18.3. The number of carboxylic acid groups (broad SMARTS) is 1. The molecule has 1 atom stereocenters. The molecule has 8 nitrogen and oxygen atoms in total. The Morgan fingerprint density at radius 1 is 1.26 bits per heavy atom. The zero-order chi connectivity index (χ0) is 19.0. The number of aliphatic carboxylic acids is 1. The van der Waals surface area contributed by atoms with Crippen LogP contribution in [0.4, 0.5) is 0 Å². The van der Waals surface area contributed by atoms with E-state index in [-0.39, 0.29) is 24.1 Å². The van der Waals surface area contributed by atoms with Crippen molar-refractivity contribution >= 4 is 22.8 Å². The summed E-state index contributed by atoms with van der Waals surface area (Å²) in [6.45, 7) is 2.33. The fourth-order valence-corrected chi connectivity index (χ4v) is 3.67. The topological polar surface area (TPSA) is 101 Å². The van der Waals surface area contributed by atoms with Crippen molar-refractivity contribution < 1.29 is 14.7 Å². The molecule has 2 aromatic heterocycles. The first-order chi connectivity index (χ1) is 13.1. The Balaban J connectivity index is 1.70. The maximum atomic E-state index is 13.0. The van der Waals surface area contributed by atoms with Crippen LogP contribution in [-0.4, -0.2) is 54.4 Å². The van der Waals surface area contributed by atoms with Gasteiger partial charge in [0, 0.05) is 24.2 Å². The second-order valence-electron chi connectivity index (χ2n) is 6.68. The van der Waals surface area contributed by atoms with E-state index in [1.807, 2.05) is 30.3 Å². The van der Waals surface area contributed by atoms with Crippen molar-refractivity contribution in [3.63, 3.8) is 0 Å². The van der Waals surface area contributed by atoms with Crippen LogP contribution in [0.1, 0.15) is 35.4 Å². The van der Waals surface area contributed by atoms with Crippen LogP contribution >= 0.6 is 0 Å². The Bertz CT molecular complexity index is 1020. The number of para-hydroxylation sites is 1. The lowest BCUT2D eigenvalue weighted by Crippen LogP contribution is -2.37. The molecular formula is C19H19N5O3. The largest absolute Gasteiger partial charge is 0.481 e. The molecule has 27 heavy (non-hydrogen) atoms. The molecule has 0 radical (unpaired) electrons. The summed E-state index contributed by atoms with van der Waals surface area (Å²) in [4.78, 5) is 30.1. The predicted octanol–water partition coefficient (Wildman–Crippen LogP) is 2.20. The van der Waals surface area contributed by atoms with Gasteiger partial charge in [-0.05, 0) is 31.9 Å². The van der Waals surface area contributed by atoms with Crippen molar-refractivity contribution in [3.8, 4) is 5.69 Å². The number of carbonyl (C=O) groups is 2. The van der Waals surface area contributed by atoms with Gasteiger partial charge in [-0.25, -0.2) is 4.68 Å². The summed E-state index contributed by atoms with van der Waals surface area (Å²) >= 11 is 0. The number of amides is 1. The number of carboxylic acids is 1. The van der Waals surface area contributed by atoms with Gasteiger partial charge in [-0.15, -0.1) is 5.10 Å². The molecule has 1 aliphatic heterocycles. The van der Waals surface area contributed by atoms with Crippen LogP contribution in [-0.2, 0) is 4.79 Å². The van der Waals surface area contributed by atoms with Gasteiger partial charge in [0.1, 0.15) is 0 Å². The Labute approximate surface area is 155 Å². The lowest BCUT2D eigenvalue weighted by molar-refractivity contribution is -0.137. The van der Waals surface area contributed by atoms with Crippen molar-refractivity contribution in [1.82, 2.24) is 24.9 Å². The van der Waals surface area contributed by atoms with E-state index in [2.05, 4.69) is 15.3 Å². The van der Waals surface area contributed by atoms with Crippen LogP contribution in [0.5, 0.6) is 0 Å². The van der Waals surface area contributed by atoms with Crippen molar-refractivity contribution in [2.75, 3.05) is 6.54 Å². The second kappa shape index (κ2) is 6.79. The standard InChI is InChI=1S/C19H19N5O3/c1-12-17(19(27)23-10-4-7-14(23)11-16(25)26)21-22-24(12)15-8-2-5-13-6-3-9-20-18(13)15/h2-3,5-6,8-9,14H,4,7,10-11H2,1H3,(H,25,26). The first-order valence-corrected chi connectivity index (χ1v) is 8.85. The molecule has 1 unspecified atom stereocenters. The van der Waals surface area contributed by atoms with Gasteiger partial charge >= 0.3 is 5.97 Å². The van der Waals surface area contributed by atoms with Gasteiger partial charge in [0.25, 0.3) is 5.91 Å². The molecule has 0 spiro atoms. The zero-order valence-corrected chi connectivity index (χ0v) is 14.9. The van der Waals surface area contributed by atoms with Crippen molar-refractivity contribution in [1.29, 1.82) is 0 Å². The molecule has 4 rings (SSSR count). The van der Waals surface area contributed by atoms with Crippen LogP contribution in [0.15, 0.2) is 36.5 Å². The van der Waals surface area contributed by atoms with Gasteiger partial charge in [-0.2, -0.15) is 0 Å². The molecule has 0 bridgehead atoms. The fourth-order valence-electron chi connectivity index (χ4n) is 3.67. The lowest BCUT2D eigenvalue weighted by Gasteiger charge is -2.22. The van der Waals surface area contributed by atoms with Crippen LogP contribution in [0, 0.1) is 6.92 Å². The van der Waals surface area contributed by atoms with E-state index in [9.17, 15) is 9.59 Å². The van der Waals surface area contributed by atoms with Crippen LogP contribution < -0.4 is 0 Å². The molecule has 0 saturated carbocycles. The number of nitrogens with zero attached hydrogens (tertiary/aromatic N) is 5. The molecule has 138 valence electrons. The maximum absolute atomic E-state index is 13.0. The van der Waals surface area contributed by atoms with Crippen molar-refractivity contribution in [2.24, 2.45) is 0 Å². The van der Waals surface area contributed by atoms with Gasteiger partial charge in [-0.3, -0.25) is 14.6 Å². The molecular weight excluding hydrogens is 346 g/mol. The van der Waals surface area contributed by atoms with E-state index in [0.29, 0.717) is 18.7 Å². The molecule has 1 N–H and O–H groups in total. The minimum atomic E-state index is -0.901. The first kappa shape index (κ1) is 17.1. The number of likely N-dealkylation sites (tertiary alicyclic amines) is 1. The van der Waals surface area contributed by atoms with E-state index in [1.165, 1.54) is 0 Å². The van der Waals surface area contributed by atoms with Gasteiger partial charge in [-0.1, -0.05) is 23.4 Å². The van der Waals surface area contributed by atoms with Crippen LogP contribution in [0.25, 0.3) is 16.6 Å². The van der Waals surface area contributed by atoms with Crippen LogP contribution in [0.3, 0.4) is 0 Å². The van der Waals surface area contributed by atoms with Gasteiger partial charge in [0.05, 0.1) is 23.3 Å². The predicted molar refractivity (Wildman–Crippen MR) is 97.7 cm³/mol. The Morgan fingerprint density at radius 3 is 2.89 bits per heavy atom. The third kappa shape index (κ3) is 3.03. The van der Waals surface area contributed by atoms with Gasteiger partial charge in [0.2, 0.25) is 0 Å². The number of fused-ring (bicyclic) bond motifs is 1. The third-order valence-electron chi connectivity index (χ3n) is 4.99. The summed E-state index contributed by atoms with van der Waals surface area (Å²) in [7, 11) is 0. The van der Waals surface area contributed by atoms with E-state index in [4.69, 9.17) is 5.11 Å². The van der Waals surface area contributed by atoms with Crippen LogP contribution in [0.2, 0.25) is 0 Å². The molecule has 0 aliphatic carbocycles. The number of rotatable bonds is 4. The van der Waals surface area contributed by atoms with E-state index in [0.717, 1.165) is 23.0 Å². The second-order valence-corrected chi connectivity index (χ2v) is 6.68. The number of benzene rings is 1. The van der Waals surface area contributed by atoms with Gasteiger partial charge in [0.15, 0.2) is 5.69 Å². The van der Waals surface area contributed by atoms with E-state index >= 15 is 0 Å². The highest BCUT2D eigenvalue weighted by molar-refractivity contribution is 5.94. The first-order valence-electron chi connectivity index (χ1n) is 8.85. The fraction of sp³-hybridized carbons (Fsp3) is 0.316. The number of hydrogen-bond acceptors (Lipinski definition) is 5. The Morgan fingerprint density at radius 2 is 2.07 bits per heavy atom. The summed E-state index contributed by atoms with van der Waals surface area (Å²) < 4.78 is 1.62. The van der Waals surface area contributed by atoms with E-state index in [1.54, 1.807) is 22.7 Å². The van der Waals surface area contributed by atoms with Crippen molar-refractivity contribution in [3.05, 3.63) is 47.9 Å². The maximum Gasteiger partial charge on any atom is 0.305 e. The SMILES string of the molecule is Cc1c(C(=O)N2CCCC2CC(=O)O)nnn1-c1cccc2cccnc12. The summed E-state index contributed by atoms with van der Waals surface area (Å²) in [6.07, 6.45) is 3.15. The number of carbonyl (C=O) groups excluding carboxylic acids is 1. The van der Waals surface area contributed by atoms with Gasteiger partial charge < -0.3 is 10.0 Å². The number of aromatic nitrogens is 4. The number of pyridine rings is 1. The van der Waals surface area contributed by atoms with E-state index < -0.39 is 5.97 Å². The molecule has 1 fully saturated rings. The lowest BCUT2D eigenvalue weighted by atomic mass is 10.1. The monoisotopic (exact) mass is 365 g/mol. The highest BCUT2D eigenvalue weighted by Gasteiger charge is 2.33. The molecule has 3 heterocycles. The minimum absolute atomic E-state index is 0.0494. The summed E-state index contributed by atoms with van der Waals surface area (Å²) in [6, 6.07) is 9.29. The molecule has 8 heteroatoms. The smallest absolute Gasteiger partial charge is 0.305 e. The summed E-state index contributed by atoms with van der Waals surface area (Å²) in [5.74, 6) is -1.17. The molecule has 1 amide bonds. The average molecular weight is 365 g/mol. The zero-order valence-electron chi connectivity index (χ0n) is 14.9. The molecule has 3 aromatic rings. The van der Waals surface area contributed by atoms with Crippen molar-refractivity contribution in [2.45, 2.75) is 32.2 Å². The molecule has 1 aliphatic rings. The quantitative estimate of drug-likeness (QED) is 0.761.